The molecular weight excluding hydrogens is 480 g/mol. The van der Waals surface area contributed by atoms with Crippen molar-refractivity contribution in [3.8, 4) is 17.2 Å². The van der Waals surface area contributed by atoms with Crippen molar-refractivity contribution in [1.82, 2.24) is 5.43 Å². The number of amides is 1. The number of nitrogens with one attached hydrogen (secondary N) is 1. The standard InChI is InChI=1S/C31H44N2O5/c1-4-6-7-8-9-10-11-12-13-14-15-16-30(34)33-32-24-25-17-22-28(29(23-25)36-3)38-31(35)26-18-20-27(21-19-26)37-5-2/h17-24H,4-16H2,1-3H3,(H,33,34). The Kier molecular flexibility index (Phi) is 15.3. The van der Waals surface area contributed by atoms with Crippen molar-refractivity contribution in [1.29, 1.82) is 0 Å². The van der Waals surface area contributed by atoms with Gasteiger partial charge < -0.3 is 14.2 Å². The van der Waals surface area contributed by atoms with Gasteiger partial charge in [0, 0.05) is 6.42 Å². The maximum atomic E-state index is 12.5. The van der Waals surface area contributed by atoms with Gasteiger partial charge in [-0.05, 0) is 61.4 Å². The molecule has 38 heavy (non-hydrogen) atoms. The summed E-state index contributed by atoms with van der Waals surface area (Å²) in [5.74, 6) is 0.785. The van der Waals surface area contributed by atoms with Gasteiger partial charge in [0.05, 0.1) is 25.5 Å². The van der Waals surface area contributed by atoms with Gasteiger partial charge in [-0.1, -0.05) is 71.1 Å². The van der Waals surface area contributed by atoms with Crippen LogP contribution < -0.4 is 19.6 Å². The first-order valence-electron chi connectivity index (χ1n) is 14.0. The molecule has 2 aromatic rings. The third-order valence-electron chi connectivity index (χ3n) is 6.20. The number of methoxy groups -OCH3 is 1. The van der Waals surface area contributed by atoms with Crippen LogP contribution in [0.25, 0.3) is 0 Å². The largest absolute Gasteiger partial charge is 0.494 e. The Labute approximate surface area is 228 Å². The molecule has 0 unspecified atom stereocenters. The van der Waals surface area contributed by atoms with Crippen LogP contribution in [0.4, 0.5) is 0 Å². The summed E-state index contributed by atoms with van der Waals surface area (Å²) in [6.07, 6.45) is 15.8. The van der Waals surface area contributed by atoms with E-state index in [1.807, 2.05) is 6.92 Å². The normalized spacial score (nSPS) is 10.9. The number of carbonyl (C=O) groups is 2. The molecule has 1 amide bonds. The second-order valence-electron chi connectivity index (χ2n) is 9.34. The van der Waals surface area contributed by atoms with Crippen LogP contribution in [-0.4, -0.2) is 31.8 Å². The Bertz CT molecular complexity index is 988. The van der Waals surface area contributed by atoms with Crippen LogP contribution in [0.1, 0.15) is 107 Å². The Morgan fingerprint density at radius 3 is 2.05 bits per heavy atom. The molecule has 0 saturated heterocycles. The zero-order valence-corrected chi connectivity index (χ0v) is 23.3. The number of benzene rings is 2. The number of esters is 1. The van der Waals surface area contributed by atoms with E-state index in [2.05, 4.69) is 17.5 Å². The lowest BCUT2D eigenvalue weighted by Crippen LogP contribution is -2.16. The van der Waals surface area contributed by atoms with Gasteiger partial charge >= 0.3 is 5.97 Å². The smallest absolute Gasteiger partial charge is 0.343 e. The van der Waals surface area contributed by atoms with Gasteiger partial charge in [0.15, 0.2) is 11.5 Å². The van der Waals surface area contributed by atoms with Gasteiger partial charge in [-0.15, -0.1) is 0 Å². The topological polar surface area (TPSA) is 86.2 Å². The Balaban J connectivity index is 1.69. The quantitative estimate of drug-likeness (QED) is 0.0677. The second-order valence-corrected chi connectivity index (χ2v) is 9.34. The SMILES string of the molecule is CCCCCCCCCCCCCC(=O)NN=Cc1ccc(OC(=O)c2ccc(OCC)cc2)c(OC)c1. The van der Waals surface area contributed by atoms with E-state index in [1.165, 1.54) is 64.9 Å². The number of unbranched alkanes of at least 4 members (excludes halogenated alkanes) is 10. The highest BCUT2D eigenvalue weighted by Crippen LogP contribution is 2.28. The highest BCUT2D eigenvalue weighted by molar-refractivity contribution is 5.91. The summed E-state index contributed by atoms with van der Waals surface area (Å²) in [5, 5.41) is 4.05. The van der Waals surface area contributed by atoms with Crippen LogP contribution in [0.15, 0.2) is 47.6 Å². The summed E-state index contributed by atoms with van der Waals surface area (Å²) in [7, 11) is 1.50. The number of hydrogen-bond donors (Lipinski definition) is 1. The highest BCUT2D eigenvalue weighted by atomic mass is 16.6. The monoisotopic (exact) mass is 524 g/mol. The first-order valence-corrected chi connectivity index (χ1v) is 14.0. The van der Waals surface area contributed by atoms with Crippen LogP contribution in [0.2, 0.25) is 0 Å². The third-order valence-corrected chi connectivity index (χ3v) is 6.20. The summed E-state index contributed by atoms with van der Waals surface area (Å²) in [5.41, 5.74) is 3.69. The van der Waals surface area contributed by atoms with Gasteiger partial charge in [-0.2, -0.15) is 5.10 Å². The van der Waals surface area contributed by atoms with Crippen LogP contribution in [0.5, 0.6) is 17.2 Å². The van der Waals surface area contributed by atoms with Gasteiger partial charge in [0.25, 0.3) is 0 Å². The molecule has 0 fully saturated rings. The number of carbonyl (C=O) groups excluding carboxylic acids is 2. The first-order chi connectivity index (χ1) is 18.6. The molecule has 0 aliphatic carbocycles. The van der Waals surface area contributed by atoms with E-state index >= 15 is 0 Å². The summed E-state index contributed by atoms with van der Waals surface area (Å²) >= 11 is 0. The Hall–Kier alpha value is -3.35. The maximum Gasteiger partial charge on any atom is 0.343 e. The summed E-state index contributed by atoms with van der Waals surface area (Å²) in [6.45, 7) is 4.70. The van der Waals surface area contributed by atoms with E-state index in [4.69, 9.17) is 14.2 Å². The molecule has 7 heteroatoms. The molecule has 1 N–H and O–H groups in total. The number of ether oxygens (including phenoxy) is 3. The van der Waals surface area contributed by atoms with Gasteiger partial charge in [0.2, 0.25) is 5.91 Å². The molecule has 0 radical (unpaired) electrons. The number of hydrogen-bond acceptors (Lipinski definition) is 6. The minimum absolute atomic E-state index is 0.0926. The molecule has 0 spiro atoms. The maximum absolute atomic E-state index is 12.5. The Morgan fingerprint density at radius 1 is 0.816 bits per heavy atom. The summed E-state index contributed by atoms with van der Waals surface area (Å²) < 4.78 is 16.3. The highest BCUT2D eigenvalue weighted by Gasteiger charge is 2.13. The zero-order valence-electron chi connectivity index (χ0n) is 23.3. The molecule has 7 nitrogen and oxygen atoms in total. The third kappa shape index (κ3) is 12.3. The molecule has 0 bridgehead atoms. The van der Waals surface area contributed by atoms with E-state index in [9.17, 15) is 9.59 Å². The summed E-state index contributed by atoms with van der Waals surface area (Å²) in [6, 6.07) is 11.8. The fourth-order valence-electron chi connectivity index (χ4n) is 4.05. The van der Waals surface area contributed by atoms with Gasteiger partial charge in [-0.25, -0.2) is 10.2 Å². The van der Waals surface area contributed by atoms with E-state index in [-0.39, 0.29) is 5.91 Å². The lowest BCUT2D eigenvalue weighted by molar-refractivity contribution is -0.121. The molecule has 2 aromatic carbocycles. The van der Waals surface area contributed by atoms with Gasteiger partial charge in [0.1, 0.15) is 5.75 Å². The van der Waals surface area contributed by atoms with Crippen molar-refractivity contribution in [2.45, 2.75) is 90.9 Å². The molecule has 2 rings (SSSR count). The molecule has 0 saturated carbocycles. The van der Waals surface area contributed by atoms with Crippen LogP contribution in [-0.2, 0) is 4.79 Å². The average molecular weight is 525 g/mol. The van der Waals surface area contributed by atoms with Crippen LogP contribution >= 0.6 is 0 Å². The minimum Gasteiger partial charge on any atom is -0.494 e. The van der Waals surface area contributed by atoms with Gasteiger partial charge in [-0.3, -0.25) is 4.79 Å². The van der Waals surface area contributed by atoms with Crippen LogP contribution in [0, 0.1) is 0 Å². The number of nitrogens with zero attached hydrogens (tertiary/aromatic N) is 1. The molecule has 0 atom stereocenters. The summed E-state index contributed by atoms with van der Waals surface area (Å²) in [4.78, 5) is 24.6. The number of hydrazone groups is 1. The van der Waals surface area contributed by atoms with Crippen molar-refractivity contribution in [2.75, 3.05) is 13.7 Å². The molecular formula is C31H44N2O5. The van der Waals surface area contributed by atoms with Crippen molar-refractivity contribution < 1.29 is 23.8 Å². The zero-order chi connectivity index (χ0) is 27.4. The van der Waals surface area contributed by atoms with Crippen molar-refractivity contribution >= 4 is 18.1 Å². The average Bonchev–Trinajstić information content (AvgIpc) is 2.93. The van der Waals surface area contributed by atoms with E-state index in [0.29, 0.717) is 41.4 Å². The minimum atomic E-state index is -0.498. The molecule has 0 aromatic heterocycles. The predicted octanol–water partition coefficient (Wildman–Crippen LogP) is 7.46. The fraction of sp³-hybridized carbons (Fsp3) is 0.516. The van der Waals surface area contributed by atoms with Crippen molar-refractivity contribution in [3.63, 3.8) is 0 Å². The molecule has 0 aliphatic rings. The predicted molar refractivity (Wildman–Crippen MR) is 152 cm³/mol. The number of rotatable bonds is 19. The van der Waals surface area contributed by atoms with E-state index in [0.717, 1.165) is 12.8 Å². The van der Waals surface area contributed by atoms with Crippen molar-refractivity contribution in [3.05, 3.63) is 53.6 Å². The lowest BCUT2D eigenvalue weighted by atomic mass is 10.1. The van der Waals surface area contributed by atoms with Crippen molar-refractivity contribution in [2.24, 2.45) is 5.10 Å². The molecule has 0 heterocycles. The second kappa shape index (κ2) is 18.8. The van der Waals surface area contributed by atoms with Crippen LogP contribution in [0.3, 0.4) is 0 Å². The van der Waals surface area contributed by atoms with E-state index < -0.39 is 5.97 Å². The lowest BCUT2D eigenvalue weighted by Gasteiger charge is -2.10. The Morgan fingerprint density at radius 2 is 1.45 bits per heavy atom. The van der Waals surface area contributed by atoms with E-state index in [1.54, 1.807) is 48.7 Å². The molecule has 0 aliphatic heterocycles. The fourth-order valence-corrected chi connectivity index (χ4v) is 4.05. The first kappa shape index (κ1) is 30.9. The molecule has 208 valence electrons.